The second kappa shape index (κ2) is 11.2. The summed E-state index contributed by atoms with van der Waals surface area (Å²) in [5, 5.41) is 20.1. The number of ketones is 1. The number of unbranched alkanes of at least 4 members (excludes halogenated alkanes) is 1. The largest absolute Gasteiger partial charge is 0.508 e. The van der Waals surface area contributed by atoms with Gasteiger partial charge in [0.25, 0.3) is 0 Å². The minimum Gasteiger partial charge on any atom is -0.508 e. The molecule has 2 aliphatic rings. The Morgan fingerprint density at radius 1 is 1.11 bits per heavy atom. The quantitative estimate of drug-likeness (QED) is 0.371. The number of carbonyl (C=O) groups excluding carboxylic acids is 2. The minimum atomic E-state index is -0.509. The summed E-state index contributed by atoms with van der Waals surface area (Å²) in [6.07, 6.45) is 1.16. The smallest absolute Gasteiger partial charge is 0.414 e. The molecule has 1 amide bonds. The van der Waals surface area contributed by atoms with Gasteiger partial charge >= 0.3 is 6.09 Å². The van der Waals surface area contributed by atoms with E-state index in [4.69, 9.17) is 9.47 Å². The van der Waals surface area contributed by atoms with Gasteiger partial charge in [0.1, 0.15) is 23.4 Å². The van der Waals surface area contributed by atoms with Crippen LogP contribution in [0.3, 0.4) is 0 Å². The van der Waals surface area contributed by atoms with Gasteiger partial charge in [-0.2, -0.15) is 0 Å². The molecule has 0 spiro atoms. The van der Waals surface area contributed by atoms with Gasteiger partial charge in [-0.3, -0.25) is 9.69 Å². The molecule has 2 saturated heterocycles. The SMILES string of the molecule is CC(C)c1cc(C(=O)CCCC[C@H]2CN(c3ccc(N4CCOCC4)c(F)c3)C(=O)O2)c(O)cc1O. The van der Waals surface area contributed by atoms with Gasteiger partial charge in [0.05, 0.1) is 36.7 Å². The van der Waals surface area contributed by atoms with E-state index in [1.807, 2.05) is 18.7 Å². The average molecular weight is 501 g/mol. The van der Waals surface area contributed by atoms with E-state index in [9.17, 15) is 24.2 Å². The molecule has 0 bridgehead atoms. The molecule has 0 aromatic heterocycles. The average Bonchev–Trinajstić information content (AvgIpc) is 3.22. The van der Waals surface area contributed by atoms with Crippen LogP contribution in [0.15, 0.2) is 30.3 Å². The lowest BCUT2D eigenvalue weighted by Crippen LogP contribution is -2.36. The molecule has 36 heavy (non-hydrogen) atoms. The van der Waals surface area contributed by atoms with Crippen molar-refractivity contribution in [3.8, 4) is 11.5 Å². The van der Waals surface area contributed by atoms with Crippen molar-refractivity contribution in [3.05, 3.63) is 47.3 Å². The van der Waals surface area contributed by atoms with E-state index in [0.717, 1.165) is 0 Å². The fourth-order valence-corrected chi connectivity index (χ4v) is 4.68. The standard InChI is InChI=1S/C27H33FN2O6/c1-17(2)20-14-21(26(33)15-25(20)32)24(31)6-4-3-5-19-16-30(27(34)36-19)18-7-8-23(22(28)13-18)29-9-11-35-12-10-29/h7-8,13-15,17,19,32-33H,3-6,9-12,16H2,1-2H3/t19-/m0/s1. The zero-order valence-electron chi connectivity index (χ0n) is 20.7. The predicted molar refractivity (Wildman–Crippen MR) is 134 cm³/mol. The Morgan fingerprint density at radius 3 is 2.56 bits per heavy atom. The first-order chi connectivity index (χ1) is 17.2. The number of nitrogens with zero attached hydrogens (tertiary/aromatic N) is 2. The van der Waals surface area contributed by atoms with Gasteiger partial charge < -0.3 is 24.6 Å². The zero-order valence-corrected chi connectivity index (χ0v) is 20.7. The number of benzene rings is 2. The van der Waals surface area contributed by atoms with Crippen LogP contribution in [0.4, 0.5) is 20.6 Å². The summed E-state index contributed by atoms with van der Waals surface area (Å²) in [7, 11) is 0. The number of cyclic esters (lactones) is 1. The number of halogens is 1. The number of phenolic OH excluding ortho intramolecular Hbond substituents is 2. The van der Waals surface area contributed by atoms with Crippen molar-refractivity contribution >= 4 is 23.3 Å². The number of rotatable bonds is 9. The van der Waals surface area contributed by atoms with Crippen LogP contribution in [0.1, 0.15) is 61.4 Å². The Bertz CT molecular complexity index is 1120. The summed E-state index contributed by atoms with van der Waals surface area (Å²) < 4.78 is 25.6. The van der Waals surface area contributed by atoms with Crippen LogP contribution < -0.4 is 9.80 Å². The highest BCUT2D eigenvalue weighted by Gasteiger charge is 2.32. The van der Waals surface area contributed by atoms with Crippen LogP contribution in [0, 0.1) is 5.82 Å². The van der Waals surface area contributed by atoms with Crippen LogP contribution >= 0.6 is 0 Å². The summed E-state index contributed by atoms with van der Waals surface area (Å²) >= 11 is 0. The number of ether oxygens (including phenoxy) is 2. The molecule has 0 aliphatic carbocycles. The highest BCUT2D eigenvalue weighted by atomic mass is 19.1. The van der Waals surface area contributed by atoms with Gasteiger partial charge in [-0.25, -0.2) is 9.18 Å². The van der Waals surface area contributed by atoms with Crippen molar-refractivity contribution in [1.29, 1.82) is 0 Å². The molecule has 1 atom stereocenters. The van der Waals surface area contributed by atoms with Crippen LogP contribution in [0.2, 0.25) is 0 Å². The normalized spacial score (nSPS) is 18.1. The van der Waals surface area contributed by atoms with Crippen molar-refractivity contribution in [2.24, 2.45) is 0 Å². The van der Waals surface area contributed by atoms with Crippen LogP contribution in [0.5, 0.6) is 11.5 Å². The van der Waals surface area contributed by atoms with Gasteiger partial charge in [-0.15, -0.1) is 0 Å². The fourth-order valence-electron chi connectivity index (χ4n) is 4.68. The molecule has 2 aliphatic heterocycles. The van der Waals surface area contributed by atoms with Crippen molar-refractivity contribution in [2.45, 2.75) is 51.6 Å². The van der Waals surface area contributed by atoms with E-state index in [1.165, 1.54) is 17.0 Å². The maximum Gasteiger partial charge on any atom is 0.414 e. The third kappa shape index (κ3) is 5.73. The first-order valence-electron chi connectivity index (χ1n) is 12.4. The number of aromatic hydroxyl groups is 2. The van der Waals surface area contributed by atoms with Gasteiger partial charge in [-0.1, -0.05) is 13.8 Å². The van der Waals surface area contributed by atoms with E-state index in [0.29, 0.717) is 69.0 Å². The number of hydrogen-bond acceptors (Lipinski definition) is 7. The molecule has 2 heterocycles. The van der Waals surface area contributed by atoms with Crippen LogP contribution in [-0.4, -0.2) is 61.0 Å². The summed E-state index contributed by atoms with van der Waals surface area (Å²) in [6.45, 7) is 6.48. The molecular formula is C27H33FN2O6. The minimum absolute atomic E-state index is 0.0150. The lowest BCUT2D eigenvalue weighted by Gasteiger charge is -2.29. The van der Waals surface area contributed by atoms with Gasteiger partial charge in [0.2, 0.25) is 0 Å². The van der Waals surface area contributed by atoms with Gasteiger partial charge in [0.15, 0.2) is 5.78 Å². The van der Waals surface area contributed by atoms with E-state index in [-0.39, 0.29) is 47.1 Å². The molecule has 0 radical (unpaired) electrons. The van der Waals surface area contributed by atoms with Crippen LogP contribution in [-0.2, 0) is 9.47 Å². The number of phenols is 2. The Labute approximate surface area is 210 Å². The number of Topliss-reactive ketones (excluding diaryl/α,β-unsaturated/α-hetero) is 1. The molecule has 2 N–H and O–H groups in total. The Morgan fingerprint density at radius 2 is 1.86 bits per heavy atom. The highest BCUT2D eigenvalue weighted by Crippen LogP contribution is 2.33. The fraction of sp³-hybridized carbons (Fsp3) is 0.481. The molecule has 194 valence electrons. The summed E-state index contributed by atoms with van der Waals surface area (Å²) in [6, 6.07) is 7.54. The number of hydrogen-bond donors (Lipinski definition) is 2. The van der Waals surface area contributed by atoms with Gasteiger partial charge in [-0.05, 0) is 55.0 Å². The lowest BCUT2D eigenvalue weighted by molar-refractivity contribution is 0.0971. The van der Waals surface area contributed by atoms with E-state index in [1.54, 1.807) is 18.2 Å². The number of morpholine rings is 1. The monoisotopic (exact) mass is 500 g/mol. The molecule has 2 aromatic rings. The molecule has 0 unspecified atom stereocenters. The number of carbonyl (C=O) groups is 2. The second-order valence-electron chi connectivity index (χ2n) is 9.60. The zero-order chi connectivity index (χ0) is 25.8. The first-order valence-corrected chi connectivity index (χ1v) is 12.4. The maximum atomic E-state index is 14.8. The van der Waals surface area contributed by atoms with Crippen molar-refractivity contribution < 1.29 is 33.7 Å². The molecule has 0 saturated carbocycles. The van der Waals surface area contributed by atoms with Gasteiger partial charge in [0, 0.05) is 25.6 Å². The molecule has 9 heteroatoms. The Kier molecular flexibility index (Phi) is 7.98. The third-order valence-corrected chi connectivity index (χ3v) is 6.72. The molecule has 8 nitrogen and oxygen atoms in total. The van der Waals surface area contributed by atoms with Crippen molar-refractivity contribution in [2.75, 3.05) is 42.6 Å². The van der Waals surface area contributed by atoms with E-state index < -0.39 is 6.09 Å². The van der Waals surface area contributed by atoms with E-state index >= 15 is 0 Å². The Balaban J connectivity index is 1.28. The first kappa shape index (κ1) is 25.8. The van der Waals surface area contributed by atoms with E-state index in [2.05, 4.69) is 0 Å². The second-order valence-corrected chi connectivity index (χ2v) is 9.60. The molecule has 2 fully saturated rings. The topological polar surface area (TPSA) is 99.5 Å². The highest BCUT2D eigenvalue weighted by molar-refractivity contribution is 5.99. The number of amides is 1. The summed E-state index contributed by atoms with van der Waals surface area (Å²) in [4.78, 5) is 28.4. The lowest BCUT2D eigenvalue weighted by atomic mass is 9.95. The van der Waals surface area contributed by atoms with Crippen molar-refractivity contribution in [3.63, 3.8) is 0 Å². The molecule has 2 aromatic carbocycles. The molecular weight excluding hydrogens is 467 g/mol. The van der Waals surface area contributed by atoms with Crippen molar-refractivity contribution in [1.82, 2.24) is 0 Å². The third-order valence-electron chi connectivity index (χ3n) is 6.72. The summed E-state index contributed by atoms with van der Waals surface area (Å²) in [5.41, 5.74) is 1.77. The predicted octanol–water partition coefficient (Wildman–Crippen LogP) is 4.97. The number of anilines is 2. The maximum absolute atomic E-state index is 14.8. The van der Waals surface area contributed by atoms with Crippen LogP contribution in [0.25, 0.3) is 0 Å². The summed E-state index contributed by atoms with van der Waals surface area (Å²) in [5.74, 6) is -0.824. The Hall–Kier alpha value is -3.33. The molecule has 4 rings (SSSR count).